The molecule has 0 aliphatic rings. The van der Waals surface area contributed by atoms with Crippen molar-refractivity contribution in [2.75, 3.05) is 13.7 Å². The molecule has 0 spiro atoms. The Balaban J connectivity index is 2.15. The van der Waals surface area contributed by atoms with Crippen LogP contribution in [0.4, 0.5) is 0 Å². The second-order valence-electron chi connectivity index (χ2n) is 5.48. The van der Waals surface area contributed by atoms with E-state index in [1.165, 1.54) is 6.08 Å². The smallest absolute Gasteiger partial charge is 0.262 e. The number of hydrogen-bond donors (Lipinski definition) is 2. The number of ether oxygens (including phenoxy) is 2. The van der Waals surface area contributed by atoms with Crippen LogP contribution >= 0.6 is 15.9 Å². The van der Waals surface area contributed by atoms with E-state index in [1.54, 1.807) is 38.3 Å². The highest BCUT2D eigenvalue weighted by Gasteiger charge is 2.12. The first-order valence-electron chi connectivity index (χ1n) is 8.16. The average molecular weight is 431 g/mol. The Labute approximate surface area is 166 Å². The summed E-state index contributed by atoms with van der Waals surface area (Å²) in [4.78, 5) is 12.3. The molecule has 0 saturated carbocycles. The zero-order valence-corrected chi connectivity index (χ0v) is 16.5. The molecule has 6 nitrogen and oxygen atoms in total. The van der Waals surface area contributed by atoms with Crippen molar-refractivity contribution in [1.82, 2.24) is 5.32 Å². The van der Waals surface area contributed by atoms with E-state index in [2.05, 4.69) is 21.2 Å². The zero-order chi connectivity index (χ0) is 19.8. The number of phenolic OH excluding ortho intramolecular Hbond substituents is 1. The molecule has 0 aromatic heterocycles. The Kier molecular flexibility index (Phi) is 7.26. The van der Waals surface area contributed by atoms with Gasteiger partial charge < -0.3 is 19.9 Å². The average Bonchev–Trinajstić information content (AvgIpc) is 2.68. The molecule has 27 heavy (non-hydrogen) atoms. The predicted molar refractivity (Wildman–Crippen MR) is 105 cm³/mol. The van der Waals surface area contributed by atoms with Gasteiger partial charge in [0.15, 0.2) is 11.5 Å². The summed E-state index contributed by atoms with van der Waals surface area (Å²) in [6, 6.07) is 12.3. The van der Waals surface area contributed by atoms with E-state index < -0.39 is 5.91 Å². The van der Waals surface area contributed by atoms with Gasteiger partial charge in [0.25, 0.3) is 5.91 Å². The first kappa shape index (κ1) is 20.3. The molecule has 1 amide bonds. The van der Waals surface area contributed by atoms with Gasteiger partial charge in [-0.25, -0.2) is 0 Å². The zero-order valence-electron chi connectivity index (χ0n) is 15.0. The fraction of sp³-hybridized carbons (Fsp3) is 0.200. The lowest BCUT2D eigenvalue weighted by atomic mass is 10.1. The van der Waals surface area contributed by atoms with E-state index in [4.69, 9.17) is 9.47 Å². The molecule has 2 rings (SSSR count). The molecule has 0 bridgehead atoms. The highest BCUT2D eigenvalue weighted by Crippen LogP contribution is 2.36. The van der Waals surface area contributed by atoms with Crippen molar-refractivity contribution >= 4 is 27.9 Å². The summed E-state index contributed by atoms with van der Waals surface area (Å²) in [5, 5.41) is 22.0. The lowest BCUT2D eigenvalue weighted by molar-refractivity contribution is -0.117. The van der Waals surface area contributed by atoms with Crippen LogP contribution in [-0.4, -0.2) is 24.7 Å². The molecule has 2 aromatic carbocycles. The minimum absolute atomic E-state index is 0.0311. The van der Waals surface area contributed by atoms with E-state index in [1.807, 2.05) is 18.2 Å². The van der Waals surface area contributed by atoms with Crippen LogP contribution in [0.5, 0.6) is 17.2 Å². The van der Waals surface area contributed by atoms with E-state index in [0.29, 0.717) is 16.6 Å². The predicted octanol–water partition coefficient (Wildman–Crippen LogP) is 3.79. The molecule has 2 N–H and O–H groups in total. The SMILES string of the molecule is CCOc1cc(/C=C(/C#N)C(=O)NCc2ccc(OC)cc2)cc(Br)c1O. The monoisotopic (exact) mass is 430 g/mol. The van der Waals surface area contributed by atoms with Gasteiger partial charge in [0.2, 0.25) is 0 Å². The Hall–Kier alpha value is -2.98. The third-order valence-corrected chi connectivity index (χ3v) is 4.24. The van der Waals surface area contributed by atoms with E-state index in [9.17, 15) is 15.2 Å². The summed E-state index contributed by atoms with van der Waals surface area (Å²) in [7, 11) is 1.58. The van der Waals surface area contributed by atoms with Gasteiger partial charge in [-0.2, -0.15) is 5.26 Å². The summed E-state index contributed by atoms with van der Waals surface area (Å²) in [6.07, 6.45) is 1.44. The first-order chi connectivity index (χ1) is 13.0. The van der Waals surface area contributed by atoms with Crippen LogP contribution in [-0.2, 0) is 11.3 Å². The quantitative estimate of drug-likeness (QED) is 0.514. The van der Waals surface area contributed by atoms with Gasteiger partial charge in [-0.05, 0) is 64.3 Å². The number of nitrogens with zero attached hydrogens (tertiary/aromatic N) is 1. The van der Waals surface area contributed by atoms with Crippen LogP contribution in [0, 0.1) is 11.3 Å². The summed E-state index contributed by atoms with van der Waals surface area (Å²) < 4.78 is 10.9. The molecule has 0 unspecified atom stereocenters. The summed E-state index contributed by atoms with van der Waals surface area (Å²) in [5.41, 5.74) is 1.38. The second kappa shape index (κ2) is 9.64. The highest BCUT2D eigenvalue weighted by molar-refractivity contribution is 9.10. The number of halogens is 1. The third-order valence-electron chi connectivity index (χ3n) is 3.64. The van der Waals surface area contributed by atoms with Gasteiger partial charge >= 0.3 is 0 Å². The molecule has 0 fully saturated rings. The van der Waals surface area contributed by atoms with Crippen LogP contribution < -0.4 is 14.8 Å². The molecular weight excluding hydrogens is 412 g/mol. The topological polar surface area (TPSA) is 91.6 Å². The number of nitriles is 1. The number of carbonyl (C=O) groups excluding carboxylic acids is 1. The maximum Gasteiger partial charge on any atom is 0.262 e. The molecule has 0 atom stereocenters. The molecule has 2 aromatic rings. The van der Waals surface area contributed by atoms with Crippen molar-refractivity contribution in [2.24, 2.45) is 0 Å². The Bertz CT molecular complexity index is 886. The van der Waals surface area contributed by atoms with E-state index >= 15 is 0 Å². The van der Waals surface area contributed by atoms with E-state index in [-0.39, 0.29) is 23.6 Å². The van der Waals surface area contributed by atoms with Gasteiger partial charge in [0, 0.05) is 6.54 Å². The van der Waals surface area contributed by atoms with Crippen molar-refractivity contribution in [3.05, 3.63) is 57.6 Å². The normalized spacial score (nSPS) is 10.8. The molecule has 0 aliphatic heterocycles. The minimum Gasteiger partial charge on any atom is -0.503 e. The fourth-order valence-electron chi connectivity index (χ4n) is 2.28. The molecule has 0 radical (unpaired) electrons. The van der Waals surface area contributed by atoms with Gasteiger partial charge in [-0.3, -0.25) is 4.79 Å². The molecule has 0 saturated heterocycles. The van der Waals surface area contributed by atoms with Crippen molar-refractivity contribution in [2.45, 2.75) is 13.5 Å². The van der Waals surface area contributed by atoms with Crippen molar-refractivity contribution in [3.8, 4) is 23.3 Å². The van der Waals surface area contributed by atoms with Gasteiger partial charge in [0.05, 0.1) is 18.2 Å². The summed E-state index contributed by atoms with van der Waals surface area (Å²) >= 11 is 3.24. The van der Waals surface area contributed by atoms with Crippen LogP contribution in [0.25, 0.3) is 6.08 Å². The minimum atomic E-state index is -0.490. The van der Waals surface area contributed by atoms with Crippen LogP contribution in [0.2, 0.25) is 0 Å². The molecule has 0 heterocycles. The Morgan fingerprint density at radius 1 is 1.33 bits per heavy atom. The molecule has 0 aliphatic carbocycles. The first-order valence-corrected chi connectivity index (χ1v) is 8.96. The molecule has 7 heteroatoms. The van der Waals surface area contributed by atoms with Crippen LogP contribution in [0.3, 0.4) is 0 Å². The summed E-state index contributed by atoms with van der Waals surface area (Å²) in [6.45, 7) is 2.45. The Morgan fingerprint density at radius 3 is 2.63 bits per heavy atom. The molecular formula is C20H19BrN2O4. The van der Waals surface area contributed by atoms with Crippen LogP contribution in [0.1, 0.15) is 18.1 Å². The van der Waals surface area contributed by atoms with Crippen LogP contribution in [0.15, 0.2) is 46.4 Å². The number of benzene rings is 2. The number of methoxy groups -OCH3 is 1. The van der Waals surface area contributed by atoms with Crippen molar-refractivity contribution in [1.29, 1.82) is 5.26 Å². The third kappa shape index (κ3) is 5.50. The maximum absolute atomic E-state index is 12.3. The van der Waals surface area contributed by atoms with Gasteiger partial charge in [-0.15, -0.1) is 0 Å². The van der Waals surface area contributed by atoms with Gasteiger partial charge in [0.1, 0.15) is 17.4 Å². The number of hydrogen-bond acceptors (Lipinski definition) is 5. The maximum atomic E-state index is 12.3. The number of phenols is 1. The highest BCUT2D eigenvalue weighted by atomic mass is 79.9. The molecule has 140 valence electrons. The number of amides is 1. The number of aromatic hydroxyl groups is 1. The number of nitrogens with one attached hydrogen (secondary N) is 1. The van der Waals surface area contributed by atoms with E-state index in [0.717, 1.165) is 11.3 Å². The largest absolute Gasteiger partial charge is 0.503 e. The Morgan fingerprint density at radius 2 is 2.04 bits per heavy atom. The standard InChI is InChI=1S/C20H19BrN2O4/c1-3-27-18-10-14(9-17(21)19(18)24)8-15(11-22)20(25)23-12-13-4-6-16(26-2)7-5-13/h4-10,24H,3,12H2,1-2H3,(H,23,25)/b15-8-. The van der Waals surface area contributed by atoms with Crippen molar-refractivity contribution in [3.63, 3.8) is 0 Å². The lowest BCUT2D eigenvalue weighted by Gasteiger charge is -2.09. The lowest BCUT2D eigenvalue weighted by Crippen LogP contribution is -2.23. The number of rotatable bonds is 7. The number of carbonyl (C=O) groups is 1. The summed E-state index contributed by atoms with van der Waals surface area (Å²) in [5.74, 6) is 0.478. The van der Waals surface area contributed by atoms with Crippen molar-refractivity contribution < 1.29 is 19.4 Å². The fourth-order valence-corrected chi connectivity index (χ4v) is 2.74. The van der Waals surface area contributed by atoms with Gasteiger partial charge in [-0.1, -0.05) is 12.1 Å². The second-order valence-corrected chi connectivity index (χ2v) is 6.34.